The highest BCUT2D eigenvalue weighted by atomic mass is 35.5. The monoisotopic (exact) mass is 668 g/mol. The third-order valence-electron chi connectivity index (χ3n) is 3.07. The minimum atomic E-state index is -3.81. The van der Waals surface area contributed by atoms with Crippen molar-refractivity contribution in [2.75, 3.05) is 12.5 Å². The van der Waals surface area contributed by atoms with E-state index in [1.807, 2.05) is 0 Å². The van der Waals surface area contributed by atoms with Crippen LogP contribution in [0, 0.1) is 0 Å². The first-order valence-corrected chi connectivity index (χ1v) is 14.0. The number of benzene rings is 2. The Bertz CT molecular complexity index is 915. The lowest BCUT2D eigenvalue weighted by molar-refractivity contribution is 0.278. The van der Waals surface area contributed by atoms with Gasteiger partial charge in [-0.05, 0) is 0 Å². The van der Waals surface area contributed by atoms with E-state index < -0.39 is 6.72 Å². The zero-order chi connectivity index (χ0) is 23.0. The standard InChI is InChI=1S/C14H4Cl11O3PS/c15-1-2-26-29(30,27-13-9(22)5(18)3(16)6(19)10(13)23)28-14-11(24)7(20)4(17)8(21)12(14)25/h1-2H2. The lowest BCUT2D eigenvalue weighted by Crippen LogP contribution is -2.08. The first-order chi connectivity index (χ1) is 13.9. The molecular weight excluding hydrogens is 669 g/mol. The molecule has 0 atom stereocenters. The molecule has 0 radical (unpaired) electrons. The van der Waals surface area contributed by atoms with Gasteiger partial charge in [0.2, 0.25) is 0 Å². The molecule has 0 saturated heterocycles. The number of alkyl halides is 1. The number of halogens is 11. The summed E-state index contributed by atoms with van der Waals surface area (Å²) in [7, 11) is 0. The number of hydrogen-bond acceptors (Lipinski definition) is 4. The summed E-state index contributed by atoms with van der Waals surface area (Å²) in [5, 5.41) is -1.44. The molecule has 0 aliphatic rings. The van der Waals surface area contributed by atoms with Crippen LogP contribution in [-0.4, -0.2) is 12.5 Å². The molecule has 3 nitrogen and oxygen atoms in total. The quantitative estimate of drug-likeness (QED) is 0.127. The van der Waals surface area contributed by atoms with Gasteiger partial charge in [0, 0.05) is 17.7 Å². The van der Waals surface area contributed by atoms with Crippen LogP contribution in [0.4, 0.5) is 0 Å². The molecule has 166 valence electrons. The van der Waals surface area contributed by atoms with Crippen molar-refractivity contribution in [3.63, 3.8) is 0 Å². The Hall–Kier alpha value is 1.84. The Morgan fingerprint density at radius 3 is 1.07 bits per heavy atom. The summed E-state index contributed by atoms with van der Waals surface area (Å²) in [4.78, 5) is 0. The molecule has 0 heterocycles. The minimum Gasteiger partial charge on any atom is -0.412 e. The first kappa shape index (κ1) is 28.1. The second-order valence-electron chi connectivity index (χ2n) is 4.95. The van der Waals surface area contributed by atoms with Crippen molar-refractivity contribution < 1.29 is 13.6 Å². The van der Waals surface area contributed by atoms with Gasteiger partial charge in [-0.1, -0.05) is 116 Å². The van der Waals surface area contributed by atoms with Crippen LogP contribution in [0.3, 0.4) is 0 Å². The summed E-state index contributed by atoms with van der Waals surface area (Å²) in [6.07, 6.45) is 0. The number of rotatable bonds is 7. The highest BCUT2D eigenvalue weighted by molar-refractivity contribution is 8.07. The van der Waals surface area contributed by atoms with Crippen molar-refractivity contribution in [2.24, 2.45) is 0 Å². The van der Waals surface area contributed by atoms with Crippen LogP contribution in [0.5, 0.6) is 11.5 Å². The minimum absolute atomic E-state index is 0.0400. The molecule has 2 aromatic carbocycles. The van der Waals surface area contributed by atoms with Crippen LogP contribution < -0.4 is 9.05 Å². The van der Waals surface area contributed by atoms with Gasteiger partial charge in [-0.2, -0.15) is 0 Å². The van der Waals surface area contributed by atoms with E-state index >= 15 is 0 Å². The fourth-order valence-corrected chi connectivity index (χ4v) is 6.51. The summed E-state index contributed by atoms with van der Waals surface area (Å²) < 4.78 is 16.9. The molecule has 0 amide bonds. The Morgan fingerprint density at radius 2 is 0.800 bits per heavy atom. The summed E-state index contributed by atoms with van der Waals surface area (Å²) in [6.45, 7) is -3.90. The van der Waals surface area contributed by atoms with Crippen LogP contribution >= 0.6 is 134 Å². The van der Waals surface area contributed by atoms with E-state index in [0.29, 0.717) is 0 Å². The van der Waals surface area contributed by atoms with E-state index in [9.17, 15) is 0 Å². The van der Waals surface area contributed by atoms with E-state index in [2.05, 4.69) is 0 Å². The predicted octanol–water partition coefficient (Wildman–Crippen LogP) is 11.2. The molecule has 0 spiro atoms. The molecule has 0 aromatic heterocycles. The third kappa shape index (κ3) is 5.90. The Labute approximate surface area is 231 Å². The number of hydrogen-bond donors (Lipinski definition) is 0. The van der Waals surface area contributed by atoms with Crippen LogP contribution in [0.25, 0.3) is 0 Å². The summed E-state index contributed by atoms with van der Waals surface area (Å²) >= 11 is 72.1. The van der Waals surface area contributed by atoms with Gasteiger partial charge < -0.3 is 9.05 Å². The maximum absolute atomic E-state index is 6.19. The maximum Gasteiger partial charge on any atom is 0.435 e. The fraction of sp³-hybridized carbons (Fsp3) is 0.143. The summed E-state index contributed by atoms with van der Waals surface area (Å²) in [5.74, 6) is -0.443. The summed E-state index contributed by atoms with van der Waals surface area (Å²) in [6, 6.07) is 0. The van der Waals surface area contributed by atoms with Crippen LogP contribution in [0.1, 0.15) is 0 Å². The third-order valence-corrected chi connectivity index (χ3v) is 9.78. The molecule has 0 unspecified atom stereocenters. The van der Waals surface area contributed by atoms with E-state index in [4.69, 9.17) is 153 Å². The molecule has 0 aliphatic heterocycles. The Morgan fingerprint density at radius 1 is 0.533 bits per heavy atom. The molecule has 0 fully saturated rings. The first-order valence-electron chi connectivity index (χ1n) is 7.08. The van der Waals surface area contributed by atoms with Crippen molar-refractivity contribution in [3.05, 3.63) is 50.2 Å². The van der Waals surface area contributed by atoms with Crippen LogP contribution in [0.15, 0.2) is 0 Å². The highest BCUT2D eigenvalue weighted by Gasteiger charge is 2.33. The molecular formula is C14H4Cl11O3PS. The largest absolute Gasteiger partial charge is 0.435 e. The second kappa shape index (κ2) is 11.5. The SMILES string of the molecule is S=P(OCCCl)(Oc1c(Cl)c(Cl)c(Cl)c(Cl)c1Cl)Oc1c(Cl)c(Cl)c(Cl)c(Cl)c1Cl. The van der Waals surface area contributed by atoms with Gasteiger partial charge in [-0.15, -0.1) is 11.6 Å². The Kier molecular flexibility index (Phi) is 10.8. The lowest BCUT2D eigenvalue weighted by atomic mass is 10.3. The van der Waals surface area contributed by atoms with Crippen molar-refractivity contribution in [3.8, 4) is 11.5 Å². The van der Waals surface area contributed by atoms with E-state index in [1.165, 1.54) is 0 Å². The maximum atomic E-state index is 6.19. The van der Waals surface area contributed by atoms with E-state index in [1.54, 1.807) is 0 Å². The van der Waals surface area contributed by atoms with Gasteiger partial charge in [0.1, 0.15) is 20.1 Å². The average molecular weight is 673 g/mol. The van der Waals surface area contributed by atoms with Gasteiger partial charge in [-0.25, -0.2) is 0 Å². The molecule has 30 heavy (non-hydrogen) atoms. The highest BCUT2D eigenvalue weighted by Crippen LogP contribution is 2.59. The van der Waals surface area contributed by atoms with E-state index in [-0.39, 0.29) is 74.2 Å². The normalized spacial score (nSPS) is 11.7. The van der Waals surface area contributed by atoms with Crippen LogP contribution in [-0.2, 0) is 16.3 Å². The van der Waals surface area contributed by atoms with Gasteiger partial charge in [0.15, 0.2) is 11.5 Å². The average Bonchev–Trinajstić information content (AvgIpc) is 2.73. The molecule has 0 N–H and O–H groups in total. The van der Waals surface area contributed by atoms with Gasteiger partial charge in [0.25, 0.3) is 0 Å². The smallest absolute Gasteiger partial charge is 0.412 e. The summed E-state index contributed by atoms with van der Waals surface area (Å²) in [5.41, 5.74) is 0. The fourth-order valence-electron chi connectivity index (χ4n) is 1.77. The molecule has 2 aromatic rings. The van der Waals surface area contributed by atoms with Crippen LogP contribution in [0.2, 0.25) is 50.2 Å². The Balaban J connectivity index is 2.61. The molecule has 0 bridgehead atoms. The lowest BCUT2D eigenvalue weighted by Gasteiger charge is -2.25. The van der Waals surface area contributed by atoms with Crippen molar-refractivity contribution in [1.29, 1.82) is 0 Å². The van der Waals surface area contributed by atoms with Gasteiger partial charge >= 0.3 is 6.72 Å². The van der Waals surface area contributed by atoms with Crippen molar-refractivity contribution in [2.45, 2.75) is 0 Å². The van der Waals surface area contributed by atoms with Crippen molar-refractivity contribution in [1.82, 2.24) is 0 Å². The zero-order valence-electron chi connectivity index (χ0n) is 13.7. The van der Waals surface area contributed by atoms with Gasteiger partial charge in [0.05, 0.1) is 36.7 Å². The zero-order valence-corrected chi connectivity index (χ0v) is 23.7. The molecule has 2 rings (SSSR count). The second-order valence-corrected chi connectivity index (χ2v) is 12.0. The molecule has 16 heteroatoms. The molecule has 0 saturated carbocycles. The molecule has 0 aliphatic carbocycles. The van der Waals surface area contributed by atoms with E-state index in [0.717, 1.165) is 0 Å². The van der Waals surface area contributed by atoms with Crippen molar-refractivity contribution >= 4 is 146 Å². The topological polar surface area (TPSA) is 27.7 Å². The van der Waals surface area contributed by atoms with Gasteiger partial charge in [-0.3, -0.25) is 4.52 Å². The predicted molar refractivity (Wildman–Crippen MR) is 135 cm³/mol.